The second-order valence-corrected chi connectivity index (χ2v) is 6.25. The molecule has 4 heteroatoms. The predicted octanol–water partition coefficient (Wildman–Crippen LogP) is 3.47. The molecule has 118 valence electrons. The summed E-state index contributed by atoms with van der Waals surface area (Å²) >= 11 is 0. The van der Waals surface area contributed by atoms with Crippen molar-refractivity contribution in [2.75, 3.05) is 13.7 Å². The van der Waals surface area contributed by atoms with Crippen molar-refractivity contribution in [1.82, 2.24) is 4.98 Å². The molecule has 1 aromatic heterocycles. The lowest BCUT2D eigenvalue weighted by molar-refractivity contribution is -0.0719. The van der Waals surface area contributed by atoms with Crippen molar-refractivity contribution in [2.24, 2.45) is 11.7 Å². The zero-order valence-electron chi connectivity index (χ0n) is 13.5. The lowest BCUT2D eigenvalue weighted by Crippen LogP contribution is -2.46. The van der Waals surface area contributed by atoms with E-state index in [-0.39, 0.29) is 11.6 Å². The molecule has 1 saturated carbocycles. The minimum absolute atomic E-state index is 0.164. The predicted molar refractivity (Wildman–Crippen MR) is 84.3 cm³/mol. The molecule has 0 spiro atoms. The lowest BCUT2D eigenvalue weighted by atomic mass is 9.73. The van der Waals surface area contributed by atoms with Crippen LogP contribution in [0.25, 0.3) is 0 Å². The molecule has 1 fully saturated rings. The normalized spacial score (nSPS) is 27.3. The van der Waals surface area contributed by atoms with E-state index in [1.54, 1.807) is 13.3 Å². The molecule has 3 atom stereocenters. The van der Waals surface area contributed by atoms with Crippen LogP contribution in [-0.2, 0) is 4.74 Å². The van der Waals surface area contributed by atoms with Gasteiger partial charge in [0.1, 0.15) is 5.75 Å². The molecule has 0 radical (unpaired) electrons. The fourth-order valence-electron chi connectivity index (χ4n) is 3.35. The van der Waals surface area contributed by atoms with E-state index in [4.69, 9.17) is 15.2 Å². The van der Waals surface area contributed by atoms with Crippen molar-refractivity contribution < 1.29 is 9.47 Å². The highest BCUT2D eigenvalue weighted by molar-refractivity contribution is 5.28. The summed E-state index contributed by atoms with van der Waals surface area (Å²) in [5, 5.41) is 0. The summed E-state index contributed by atoms with van der Waals surface area (Å²) in [5.74, 6) is 1.44. The van der Waals surface area contributed by atoms with Gasteiger partial charge in [0.25, 0.3) is 0 Å². The van der Waals surface area contributed by atoms with Crippen LogP contribution in [0.3, 0.4) is 0 Å². The lowest BCUT2D eigenvalue weighted by Gasteiger charge is -2.43. The minimum Gasteiger partial charge on any atom is -0.492 e. The number of aromatic nitrogens is 1. The largest absolute Gasteiger partial charge is 0.492 e. The molecule has 4 nitrogen and oxygen atoms in total. The Bertz CT molecular complexity index is 452. The summed E-state index contributed by atoms with van der Waals surface area (Å²) in [6.45, 7) is 5.07. The SMILES string of the molecule is CCCOc1cncc(C(N)C2(OC)CCCC(C)C2)c1. The second kappa shape index (κ2) is 7.23. The molecule has 0 amide bonds. The maximum Gasteiger partial charge on any atom is 0.137 e. The third-order valence-electron chi connectivity index (χ3n) is 4.53. The van der Waals surface area contributed by atoms with Crippen molar-refractivity contribution in [3.05, 3.63) is 24.0 Å². The van der Waals surface area contributed by atoms with E-state index in [9.17, 15) is 0 Å². The van der Waals surface area contributed by atoms with Gasteiger partial charge in [-0.2, -0.15) is 0 Å². The quantitative estimate of drug-likeness (QED) is 0.872. The van der Waals surface area contributed by atoms with E-state index in [1.807, 2.05) is 12.3 Å². The molecule has 3 unspecified atom stereocenters. The van der Waals surface area contributed by atoms with Crippen molar-refractivity contribution in [1.29, 1.82) is 0 Å². The highest BCUT2D eigenvalue weighted by Gasteiger charge is 2.41. The molecule has 1 aliphatic rings. The molecule has 21 heavy (non-hydrogen) atoms. The van der Waals surface area contributed by atoms with Crippen LogP contribution in [0.2, 0.25) is 0 Å². The molecule has 1 aromatic rings. The first-order chi connectivity index (χ1) is 10.1. The maximum atomic E-state index is 6.55. The molecule has 0 saturated heterocycles. The van der Waals surface area contributed by atoms with E-state index in [1.165, 1.54) is 12.8 Å². The number of nitrogens with two attached hydrogens (primary N) is 1. The van der Waals surface area contributed by atoms with Crippen LogP contribution < -0.4 is 10.5 Å². The van der Waals surface area contributed by atoms with E-state index in [2.05, 4.69) is 18.8 Å². The standard InChI is InChI=1S/C17H28N2O2/c1-4-8-21-15-9-14(11-19-12-15)16(18)17(20-3)7-5-6-13(2)10-17/h9,11-13,16H,4-8,10,18H2,1-3H3. The van der Waals surface area contributed by atoms with Gasteiger partial charge in [0, 0.05) is 13.3 Å². The van der Waals surface area contributed by atoms with Crippen molar-refractivity contribution >= 4 is 0 Å². The molecule has 1 aliphatic carbocycles. The minimum atomic E-state index is -0.275. The van der Waals surface area contributed by atoms with Gasteiger partial charge in [-0.25, -0.2) is 0 Å². The summed E-state index contributed by atoms with van der Waals surface area (Å²) in [4.78, 5) is 4.28. The average molecular weight is 292 g/mol. The molecular formula is C17H28N2O2. The molecule has 2 N–H and O–H groups in total. The number of rotatable bonds is 6. The third-order valence-corrected chi connectivity index (χ3v) is 4.53. The Hall–Kier alpha value is -1.13. The Morgan fingerprint density at radius 2 is 2.29 bits per heavy atom. The Morgan fingerprint density at radius 1 is 1.48 bits per heavy atom. The fourth-order valence-corrected chi connectivity index (χ4v) is 3.35. The highest BCUT2D eigenvalue weighted by atomic mass is 16.5. The van der Waals surface area contributed by atoms with Crippen molar-refractivity contribution in [3.8, 4) is 5.75 Å². The van der Waals surface area contributed by atoms with Crippen LogP contribution in [-0.4, -0.2) is 24.3 Å². The van der Waals surface area contributed by atoms with Crippen LogP contribution in [0.1, 0.15) is 57.6 Å². The van der Waals surface area contributed by atoms with Gasteiger partial charge in [-0.1, -0.05) is 26.7 Å². The van der Waals surface area contributed by atoms with Crippen LogP contribution >= 0.6 is 0 Å². The zero-order chi connectivity index (χ0) is 15.3. The highest BCUT2D eigenvalue weighted by Crippen LogP contribution is 2.42. The van der Waals surface area contributed by atoms with Crippen LogP contribution in [0.4, 0.5) is 0 Å². The Kier molecular flexibility index (Phi) is 5.59. The smallest absolute Gasteiger partial charge is 0.137 e. The molecule has 1 heterocycles. The van der Waals surface area contributed by atoms with Gasteiger partial charge < -0.3 is 15.2 Å². The van der Waals surface area contributed by atoms with E-state index in [0.29, 0.717) is 12.5 Å². The number of nitrogens with zero attached hydrogens (tertiary/aromatic N) is 1. The summed E-state index contributed by atoms with van der Waals surface area (Å²) in [6.07, 6.45) is 9.01. The van der Waals surface area contributed by atoms with E-state index < -0.39 is 0 Å². The van der Waals surface area contributed by atoms with Gasteiger partial charge in [0.05, 0.1) is 24.4 Å². The molecule has 0 aliphatic heterocycles. The summed E-state index contributed by atoms with van der Waals surface area (Å²) < 4.78 is 11.6. The second-order valence-electron chi connectivity index (χ2n) is 6.25. The van der Waals surface area contributed by atoms with Crippen LogP contribution in [0, 0.1) is 5.92 Å². The Labute approximate surface area is 128 Å². The molecular weight excluding hydrogens is 264 g/mol. The van der Waals surface area contributed by atoms with Gasteiger partial charge in [-0.15, -0.1) is 0 Å². The maximum absolute atomic E-state index is 6.55. The number of ether oxygens (including phenoxy) is 2. The summed E-state index contributed by atoms with van der Waals surface area (Å²) in [7, 11) is 1.78. The van der Waals surface area contributed by atoms with E-state index >= 15 is 0 Å². The number of pyridine rings is 1. The van der Waals surface area contributed by atoms with Crippen molar-refractivity contribution in [3.63, 3.8) is 0 Å². The topological polar surface area (TPSA) is 57.4 Å². The monoisotopic (exact) mass is 292 g/mol. The van der Waals surface area contributed by atoms with Gasteiger partial charge >= 0.3 is 0 Å². The first-order valence-corrected chi connectivity index (χ1v) is 8.00. The van der Waals surface area contributed by atoms with Gasteiger partial charge in [0.2, 0.25) is 0 Å². The average Bonchev–Trinajstić information content (AvgIpc) is 2.52. The zero-order valence-corrected chi connectivity index (χ0v) is 13.5. The summed E-state index contributed by atoms with van der Waals surface area (Å²) in [6, 6.07) is 1.84. The first kappa shape index (κ1) is 16.2. The third kappa shape index (κ3) is 3.74. The summed E-state index contributed by atoms with van der Waals surface area (Å²) in [5.41, 5.74) is 7.28. The fraction of sp³-hybridized carbons (Fsp3) is 0.706. The van der Waals surface area contributed by atoms with Crippen LogP contribution in [0.15, 0.2) is 18.5 Å². The van der Waals surface area contributed by atoms with Gasteiger partial charge in [-0.3, -0.25) is 4.98 Å². The molecule has 0 aromatic carbocycles. The van der Waals surface area contributed by atoms with Crippen LogP contribution in [0.5, 0.6) is 5.75 Å². The van der Waals surface area contributed by atoms with Crippen molar-refractivity contribution in [2.45, 2.75) is 57.6 Å². The number of hydrogen-bond acceptors (Lipinski definition) is 4. The van der Waals surface area contributed by atoms with Gasteiger partial charge in [-0.05, 0) is 36.8 Å². The first-order valence-electron chi connectivity index (χ1n) is 8.00. The van der Waals surface area contributed by atoms with Gasteiger partial charge in [0.15, 0.2) is 0 Å². The Balaban J connectivity index is 2.18. The number of hydrogen-bond donors (Lipinski definition) is 1. The Morgan fingerprint density at radius 3 is 2.95 bits per heavy atom. The number of methoxy groups -OCH3 is 1. The molecule has 0 bridgehead atoms. The van der Waals surface area contributed by atoms with E-state index in [0.717, 1.165) is 30.6 Å². The molecule has 2 rings (SSSR count).